The van der Waals surface area contributed by atoms with E-state index in [1.54, 1.807) is 50.5 Å². The SMILES string of the molecule is Cc1cc(COc2ccc(C(=O)NC3CN(S(=O)(=O)C(C)(C)C)CCC3C(=O)NO)cc2)c2ccccc2n1. The maximum Gasteiger partial charge on any atom is 0.251 e. The smallest absolute Gasteiger partial charge is 0.251 e. The van der Waals surface area contributed by atoms with E-state index in [0.29, 0.717) is 17.9 Å². The molecule has 1 aliphatic heterocycles. The van der Waals surface area contributed by atoms with E-state index in [1.165, 1.54) is 4.31 Å². The molecular weight excluding hydrogens is 520 g/mol. The maximum absolute atomic E-state index is 13.1. The number of para-hydroxylation sites is 1. The number of amides is 2. The van der Waals surface area contributed by atoms with Crippen molar-refractivity contribution in [3.8, 4) is 5.75 Å². The molecule has 1 aliphatic rings. The molecule has 3 aromatic rings. The predicted molar refractivity (Wildman–Crippen MR) is 147 cm³/mol. The number of ether oxygens (including phenoxy) is 1. The van der Waals surface area contributed by atoms with Gasteiger partial charge in [-0.1, -0.05) is 18.2 Å². The first-order valence-corrected chi connectivity index (χ1v) is 14.2. The molecule has 0 radical (unpaired) electrons. The van der Waals surface area contributed by atoms with Crippen LogP contribution in [0, 0.1) is 12.8 Å². The molecule has 2 amide bonds. The van der Waals surface area contributed by atoms with E-state index < -0.39 is 38.5 Å². The van der Waals surface area contributed by atoms with Gasteiger partial charge in [0.2, 0.25) is 15.9 Å². The van der Waals surface area contributed by atoms with Crippen LogP contribution in [-0.2, 0) is 21.4 Å². The lowest BCUT2D eigenvalue weighted by atomic mass is 9.91. The second kappa shape index (κ2) is 11.3. The average molecular weight is 555 g/mol. The van der Waals surface area contributed by atoms with E-state index in [0.717, 1.165) is 22.2 Å². The van der Waals surface area contributed by atoms with Crippen molar-refractivity contribution in [1.82, 2.24) is 20.1 Å². The van der Waals surface area contributed by atoms with Gasteiger partial charge in [-0.05, 0) is 70.5 Å². The number of fused-ring (bicyclic) bond motifs is 1. The molecule has 1 aromatic heterocycles. The largest absolute Gasteiger partial charge is 0.489 e. The van der Waals surface area contributed by atoms with Gasteiger partial charge in [0.05, 0.1) is 22.2 Å². The number of carbonyl (C=O) groups is 2. The molecule has 1 fully saturated rings. The summed E-state index contributed by atoms with van der Waals surface area (Å²) in [5.74, 6) is -1.35. The van der Waals surface area contributed by atoms with E-state index in [-0.39, 0.29) is 19.5 Å². The number of piperidine rings is 1. The van der Waals surface area contributed by atoms with Crippen LogP contribution in [0.15, 0.2) is 54.6 Å². The minimum absolute atomic E-state index is 0.0794. The van der Waals surface area contributed by atoms with Gasteiger partial charge in [0.1, 0.15) is 12.4 Å². The van der Waals surface area contributed by atoms with Gasteiger partial charge in [-0.3, -0.25) is 19.8 Å². The minimum atomic E-state index is -3.67. The quantitative estimate of drug-likeness (QED) is 0.301. The Bertz CT molecular complexity index is 1470. The first-order valence-electron chi connectivity index (χ1n) is 12.7. The number of hydroxylamine groups is 1. The summed E-state index contributed by atoms with van der Waals surface area (Å²) in [7, 11) is -3.67. The first-order chi connectivity index (χ1) is 18.4. The molecule has 2 heterocycles. The van der Waals surface area contributed by atoms with Crippen LogP contribution in [-0.4, -0.2) is 58.6 Å². The number of aromatic nitrogens is 1. The van der Waals surface area contributed by atoms with Crippen molar-refractivity contribution in [3.05, 3.63) is 71.4 Å². The molecule has 0 bridgehead atoms. The number of aryl methyl sites for hydroxylation is 1. The highest BCUT2D eigenvalue weighted by Crippen LogP contribution is 2.27. The number of pyridine rings is 1. The molecule has 2 unspecified atom stereocenters. The molecule has 2 aromatic carbocycles. The van der Waals surface area contributed by atoms with Crippen LogP contribution in [0.5, 0.6) is 5.75 Å². The topological polar surface area (TPSA) is 138 Å². The van der Waals surface area contributed by atoms with E-state index in [1.807, 2.05) is 37.3 Å². The van der Waals surface area contributed by atoms with Crippen molar-refractivity contribution < 1.29 is 28.0 Å². The zero-order chi connectivity index (χ0) is 28.4. The Morgan fingerprint density at radius 3 is 2.49 bits per heavy atom. The highest BCUT2D eigenvalue weighted by atomic mass is 32.2. The number of hydrogen-bond donors (Lipinski definition) is 3. The first kappa shape index (κ1) is 28.5. The highest BCUT2D eigenvalue weighted by Gasteiger charge is 2.43. The van der Waals surface area contributed by atoms with Crippen LogP contribution >= 0.6 is 0 Å². The minimum Gasteiger partial charge on any atom is -0.489 e. The second-order valence-electron chi connectivity index (χ2n) is 10.7. The third kappa shape index (κ3) is 6.21. The number of nitrogens with one attached hydrogen (secondary N) is 2. The summed E-state index contributed by atoms with van der Waals surface area (Å²) in [6.07, 6.45) is 0.155. The van der Waals surface area contributed by atoms with E-state index in [2.05, 4.69) is 10.3 Å². The summed E-state index contributed by atoms with van der Waals surface area (Å²) >= 11 is 0. The van der Waals surface area contributed by atoms with Gasteiger partial charge in [0.25, 0.3) is 5.91 Å². The van der Waals surface area contributed by atoms with Gasteiger partial charge in [0.15, 0.2) is 0 Å². The van der Waals surface area contributed by atoms with Crippen LogP contribution in [0.2, 0.25) is 0 Å². The molecule has 208 valence electrons. The number of nitrogens with zero attached hydrogens (tertiary/aromatic N) is 2. The summed E-state index contributed by atoms with van der Waals surface area (Å²) in [5, 5.41) is 13.0. The number of rotatable bonds is 7. The van der Waals surface area contributed by atoms with Crippen LogP contribution in [0.3, 0.4) is 0 Å². The normalized spacial score (nSPS) is 18.5. The fraction of sp³-hybridized carbons (Fsp3) is 0.393. The van der Waals surface area contributed by atoms with Gasteiger partial charge in [-0.15, -0.1) is 0 Å². The highest BCUT2D eigenvalue weighted by molar-refractivity contribution is 7.90. The Hall–Kier alpha value is -3.54. The standard InChI is InChI=1S/C28H34N4O6S/c1-18-15-20(22-7-5-6-8-24(22)29-18)17-38-21-11-9-19(10-12-21)26(33)30-25-16-32(39(36,37)28(2,3)4)14-13-23(25)27(34)31-35/h5-12,15,23,25,35H,13-14,16-17H2,1-4H3,(H,30,33)(H,31,34). The zero-order valence-electron chi connectivity index (χ0n) is 22.5. The zero-order valence-corrected chi connectivity index (χ0v) is 23.3. The van der Waals surface area contributed by atoms with Gasteiger partial charge in [-0.2, -0.15) is 4.31 Å². The van der Waals surface area contributed by atoms with E-state index >= 15 is 0 Å². The molecule has 0 spiro atoms. The lowest BCUT2D eigenvalue weighted by Crippen LogP contribution is -2.59. The van der Waals surface area contributed by atoms with Crippen molar-refractivity contribution in [2.45, 2.75) is 51.5 Å². The Morgan fingerprint density at radius 1 is 1.13 bits per heavy atom. The monoisotopic (exact) mass is 554 g/mol. The van der Waals surface area contributed by atoms with E-state index in [4.69, 9.17) is 4.74 Å². The van der Waals surface area contributed by atoms with Crippen molar-refractivity contribution in [2.75, 3.05) is 13.1 Å². The van der Waals surface area contributed by atoms with Crippen molar-refractivity contribution in [1.29, 1.82) is 0 Å². The lowest BCUT2D eigenvalue weighted by molar-refractivity contribution is -0.135. The predicted octanol–water partition coefficient (Wildman–Crippen LogP) is 3.18. The lowest BCUT2D eigenvalue weighted by Gasteiger charge is -2.39. The molecule has 39 heavy (non-hydrogen) atoms. The third-order valence-electron chi connectivity index (χ3n) is 6.89. The van der Waals surface area contributed by atoms with E-state index in [9.17, 15) is 23.2 Å². The average Bonchev–Trinajstić information content (AvgIpc) is 2.90. The molecule has 0 aliphatic carbocycles. The van der Waals surface area contributed by atoms with Crippen LogP contribution in [0.25, 0.3) is 10.9 Å². The van der Waals surface area contributed by atoms with Gasteiger partial charge >= 0.3 is 0 Å². The number of hydrogen-bond acceptors (Lipinski definition) is 7. The summed E-state index contributed by atoms with van der Waals surface area (Å²) in [6, 6.07) is 15.6. The summed E-state index contributed by atoms with van der Waals surface area (Å²) in [5.41, 5.74) is 4.75. The summed E-state index contributed by atoms with van der Waals surface area (Å²) < 4.78 is 32.2. The fourth-order valence-corrected chi connectivity index (χ4v) is 6.18. The fourth-order valence-electron chi connectivity index (χ4n) is 4.70. The van der Waals surface area contributed by atoms with Crippen LogP contribution in [0.4, 0.5) is 0 Å². The maximum atomic E-state index is 13.1. The molecule has 11 heteroatoms. The molecule has 2 atom stereocenters. The summed E-state index contributed by atoms with van der Waals surface area (Å²) in [6.45, 7) is 7.10. The van der Waals surface area contributed by atoms with Gasteiger partial charge in [0, 0.05) is 35.3 Å². The Balaban J connectivity index is 1.45. The molecule has 0 saturated carbocycles. The Kier molecular flexibility index (Phi) is 8.24. The van der Waals surface area contributed by atoms with Crippen LogP contribution < -0.4 is 15.5 Å². The van der Waals surface area contributed by atoms with Crippen molar-refractivity contribution in [3.63, 3.8) is 0 Å². The Morgan fingerprint density at radius 2 is 1.82 bits per heavy atom. The molecule has 4 rings (SSSR count). The van der Waals surface area contributed by atoms with Crippen molar-refractivity contribution >= 4 is 32.7 Å². The Labute approximate surface area is 228 Å². The molecular formula is C28H34N4O6S. The van der Waals surface area contributed by atoms with Gasteiger partial charge < -0.3 is 10.1 Å². The molecule has 3 N–H and O–H groups in total. The number of sulfonamides is 1. The van der Waals surface area contributed by atoms with Crippen molar-refractivity contribution in [2.24, 2.45) is 5.92 Å². The molecule has 10 nitrogen and oxygen atoms in total. The van der Waals surface area contributed by atoms with Gasteiger partial charge in [-0.25, -0.2) is 13.9 Å². The second-order valence-corrected chi connectivity index (χ2v) is 13.4. The number of benzene rings is 2. The van der Waals surface area contributed by atoms with Crippen LogP contribution in [0.1, 0.15) is 48.8 Å². The third-order valence-corrected chi connectivity index (χ3v) is 9.45. The summed E-state index contributed by atoms with van der Waals surface area (Å²) in [4.78, 5) is 29.9. The number of carbonyl (C=O) groups excluding carboxylic acids is 2. The molecule has 1 saturated heterocycles.